The number of rotatable bonds is 2. The zero-order chi connectivity index (χ0) is 14.1. The molecule has 0 saturated carbocycles. The Morgan fingerprint density at radius 2 is 1.81 bits per heavy atom. The average molecular weight is 280 g/mol. The Kier molecular flexibility index (Phi) is 3.03. The number of nitrogens with zero attached hydrogens (tertiary/aromatic N) is 4. The predicted octanol–water partition coefficient (Wildman–Crippen LogP) is 3.28. The maximum Gasteiger partial charge on any atom is 0.205 e. The molecule has 21 heavy (non-hydrogen) atoms. The van der Waals surface area contributed by atoms with Crippen LogP contribution in [0.4, 0.5) is 5.82 Å². The van der Waals surface area contributed by atoms with E-state index >= 15 is 0 Å². The highest BCUT2D eigenvalue weighted by Gasteiger charge is 2.19. The summed E-state index contributed by atoms with van der Waals surface area (Å²) >= 11 is 0. The van der Waals surface area contributed by atoms with Gasteiger partial charge in [-0.2, -0.15) is 0 Å². The molecular formula is C16H16N4O. The molecule has 3 aromatic rings. The number of hydrogen-bond donors (Lipinski definition) is 0. The van der Waals surface area contributed by atoms with Crippen LogP contribution < -0.4 is 4.90 Å². The molecule has 0 radical (unpaired) electrons. The summed E-state index contributed by atoms with van der Waals surface area (Å²) in [5, 5.41) is 4.20. The number of piperidine rings is 1. The van der Waals surface area contributed by atoms with Crippen LogP contribution >= 0.6 is 0 Å². The van der Waals surface area contributed by atoms with Gasteiger partial charge in [-0.25, -0.2) is 9.97 Å². The monoisotopic (exact) mass is 280 g/mol. The van der Waals surface area contributed by atoms with Gasteiger partial charge in [-0.3, -0.25) is 0 Å². The van der Waals surface area contributed by atoms with Crippen molar-refractivity contribution in [3.05, 3.63) is 36.5 Å². The molecule has 4 rings (SSSR count). The van der Waals surface area contributed by atoms with E-state index in [0.717, 1.165) is 30.0 Å². The average Bonchev–Trinajstić information content (AvgIpc) is 2.99. The van der Waals surface area contributed by atoms with Crippen LogP contribution in [0, 0.1) is 0 Å². The van der Waals surface area contributed by atoms with E-state index in [9.17, 15) is 0 Å². The maximum absolute atomic E-state index is 5.38. The number of fused-ring (bicyclic) bond motifs is 1. The van der Waals surface area contributed by atoms with Gasteiger partial charge in [-0.15, -0.1) is 0 Å². The van der Waals surface area contributed by atoms with Crippen LogP contribution in [0.5, 0.6) is 0 Å². The third-order valence-corrected chi connectivity index (χ3v) is 3.89. The highest BCUT2D eigenvalue weighted by atomic mass is 16.5. The number of hydrogen-bond acceptors (Lipinski definition) is 5. The largest absolute Gasteiger partial charge is 0.352 e. The fourth-order valence-electron chi connectivity index (χ4n) is 2.77. The lowest BCUT2D eigenvalue weighted by Gasteiger charge is -2.25. The molecule has 1 fully saturated rings. The van der Waals surface area contributed by atoms with Crippen molar-refractivity contribution in [3.63, 3.8) is 0 Å². The highest BCUT2D eigenvalue weighted by molar-refractivity contribution is 5.85. The summed E-state index contributed by atoms with van der Waals surface area (Å²) < 4.78 is 5.38. The molecular weight excluding hydrogens is 264 g/mol. The van der Waals surface area contributed by atoms with E-state index < -0.39 is 0 Å². The van der Waals surface area contributed by atoms with Crippen LogP contribution in [0.2, 0.25) is 0 Å². The first kappa shape index (κ1) is 12.3. The first-order valence-corrected chi connectivity index (χ1v) is 7.34. The minimum absolute atomic E-state index is 0.648. The normalized spacial score (nSPS) is 15.5. The second-order valence-corrected chi connectivity index (χ2v) is 5.33. The maximum atomic E-state index is 5.38. The molecule has 5 nitrogen and oxygen atoms in total. The fourth-order valence-corrected chi connectivity index (χ4v) is 2.77. The molecule has 1 aromatic carbocycles. The molecule has 1 aliphatic heterocycles. The Morgan fingerprint density at radius 1 is 1.00 bits per heavy atom. The number of anilines is 1. The summed E-state index contributed by atoms with van der Waals surface area (Å²) in [4.78, 5) is 11.3. The van der Waals surface area contributed by atoms with Crippen LogP contribution in [0.1, 0.15) is 19.3 Å². The minimum atomic E-state index is 0.648. The molecule has 2 aromatic heterocycles. The van der Waals surface area contributed by atoms with Gasteiger partial charge in [0.05, 0.1) is 6.20 Å². The van der Waals surface area contributed by atoms with E-state index in [-0.39, 0.29) is 0 Å². The third kappa shape index (κ3) is 2.24. The number of benzene rings is 1. The van der Waals surface area contributed by atoms with E-state index in [2.05, 4.69) is 20.0 Å². The molecule has 1 aliphatic rings. The van der Waals surface area contributed by atoms with E-state index in [1.54, 1.807) is 6.20 Å². The molecule has 106 valence electrons. The molecule has 3 heterocycles. The molecule has 0 bridgehead atoms. The second kappa shape index (κ2) is 5.16. The molecule has 0 N–H and O–H groups in total. The van der Waals surface area contributed by atoms with Crippen molar-refractivity contribution >= 4 is 16.9 Å². The lowest BCUT2D eigenvalue weighted by atomic mass is 10.1. The van der Waals surface area contributed by atoms with Crippen molar-refractivity contribution in [2.75, 3.05) is 18.0 Å². The number of aromatic nitrogens is 3. The smallest absolute Gasteiger partial charge is 0.205 e. The quantitative estimate of drug-likeness (QED) is 0.721. The van der Waals surface area contributed by atoms with Crippen LogP contribution in [-0.2, 0) is 0 Å². The predicted molar refractivity (Wildman–Crippen MR) is 81.1 cm³/mol. The van der Waals surface area contributed by atoms with Crippen molar-refractivity contribution in [1.29, 1.82) is 0 Å². The third-order valence-electron chi connectivity index (χ3n) is 3.89. The van der Waals surface area contributed by atoms with Crippen molar-refractivity contribution in [2.24, 2.45) is 0 Å². The zero-order valence-electron chi connectivity index (χ0n) is 11.7. The lowest BCUT2D eigenvalue weighted by molar-refractivity contribution is 0.449. The molecule has 0 aliphatic carbocycles. The lowest BCUT2D eigenvalue weighted by Crippen LogP contribution is -2.29. The van der Waals surface area contributed by atoms with E-state index in [1.165, 1.54) is 19.3 Å². The summed E-state index contributed by atoms with van der Waals surface area (Å²) in [5.41, 5.74) is 2.46. The highest BCUT2D eigenvalue weighted by Crippen LogP contribution is 2.28. The molecule has 1 saturated heterocycles. The second-order valence-electron chi connectivity index (χ2n) is 5.33. The topological polar surface area (TPSA) is 55.1 Å². The van der Waals surface area contributed by atoms with Gasteiger partial charge in [0.2, 0.25) is 5.58 Å². The van der Waals surface area contributed by atoms with Gasteiger partial charge in [0.1, 0.15) is 0 Å². The first-order chi connectivity index (χ1) is 10.4. The first-order valence-electron chi connectivity index (χ1n) is 7.34. The Hall–Kier alpha value is -2.43. The zero-order valence-corrected chi connectivity index (χ0v) is 11.7. The van der Waals surface area contributed by atoms with Gasteiger partial charge in [0.15, 0.2) is 17.2 Å². The summed E-state index contributed by atoms with van der Waals surface area (Å²) in [7, 11) is 0. The van der Waals surface area contributed by atoms with Crippen molar-refractivity contribution in [3.8, 4) is 11.4 Å². The van der Waals surface area contributed by atoms with Gasteiger partial charge in [0.25, 0.3) is 0 Å². The Balaban J connectivity index is 1.79. The molecule has 5 heteroatoms. The Morgan fingerprint density at radius 3 is 2.62 bits per heavy atom. The Labute approximate surface area is 122 Å². The van der Waals surface area contributed by atoms with Gasteiger partial charge in [-0.05, 0) is 19.3 Å². The summed E-state index contributed by atoms with van der Waals surface area (Å²) in [6.07, 6.45) is 5.40. The van der Waals surface area contributed by atoms with Gasteiger partial charge >= 0.3 is 0 Å². The standard InChI is InChI=1S/C16H16N4O/c1-3-7-12(8-4-1)15-17-11-13-14(18-15)16(19-21-13)20-9-5-2-6-10-20/h1,3-4,7-8,11H,2,5-6,9-10H2. The van der Waals surface area contributed by atoms with E-state index in [0.29, 0.717) is 11.4 Å². The van der Waals surface area contributed by atoms with Crippen molar-refractivity contribution < 1.29 is 4.52 Å². The SMILES string of the molecule is c1ccc(-c2ncc3onc(N4CCCCC4)c3n2)cc1. The van der Waals surface area contributed by atoms with Gasteiger partial charge in [-0.1, -0.05) is 35.5 Å². The van der Waals surface area contributed by atoms with E-state index in [4.69, 9.17) is 4.52 Å². The summed E-state index contributed by atoms with van der Waals surface area (Å²) in [6, 6.07) is 9.98. The fraction of sp³-hybridized carbons (Fsp3) is 0.312. The van der Waals surface area contributed by atoms with Gasteiger partial charge in [0, 0.05) is 18.7 Å². The van der Waals surface area contributed by atoms with Crippen molar-refractivity contribution in [2.45, 2.75) is 19.3 Å². The van der Waals surface area contributed by atoms with E-state index in [1.807, 2.05) is 30.3 Å². The van der Waals surface area contributed by atoms with Crippen LogP contribution in [0.15, 0.2) is 41.1 Å². The van der Waals surface area contributed by atoms with Crippen molar-refractivity contribution in [1.82, 2.24) is 15.1 Å². The molecule has 0 unspecified atom stereocenters. The van der Waals surface area contributed by atoms with Crippen LogP contribution in [0.3, 0.4) is 0 Å². The molecule has 0 atom stereocenters. The Bertz CT molecular complexity index is 747. The summed E-state index contributed by atoms with van der Waals surface area (Å²) in [6.45, 7) is 2.04. The van der Waals surface area contributed by atoms with Crippen LogP contribution in [0.25, 0.3) is 22.5 Å². The molecule has 0 spiro atoms. The van der Waals surface area contributed by atoms with Gasteiger partial charge < -0.3 is 9.42 Å². The molecule has 0 amide bonds. The minimum Gasteiger partial charge on any atom is -0.352 e. The van der Waals surface area contributed by atoms with Crippen LogP contribution in [-0.4, -0.2) is 28.2 Å². The summed E-state index contributed by atoms with van der Waals surface area (Å²) in [5.74, 6) is 1.56.